The Hall–Kier alpha value is -1.56. The third kappa shape index (κ3) is 2.58. The average molecular weight is 263 g/mol. The van der Waals surface area contributed by atoms with Crippen molar-refractivity contribution in [3.63, 3.8) is 0 Å². The highest BCUT2D eigenvalue weighted by atomic mass is 16.5. The molecule has 19 heavy (non-hydrogen) atoms. The second kappa shape index (κ2) is 5.21. The second-order valence-corrected chi connectivity index (χ2v) is 5.46. The van der Waals surface area contributed by atoms with Crippen LogP contribution >= 0.6 is 0 Å². The molecule has 0 bridgehead atoms. The van der Waals surface area contributed by atoms with Crippen LogP contribution in [-0.2, 0) is 11.3 Å². The highest BCUT2D eigenvalue weighted by Gasteiger charge is 2.42. The smallest absolute Gasteiger partial charge is 0.193 e. The summed E-state index contributed by atoms with van der Waals surface area (Å²) in [6, 6.07) is 1.97. The summed E-state index contributed by atoms with van der Waals surface area (Å²) in [6.45, 7) is 4.66. The summed E-state index contributed by atoms with van der Waals surface area (Å²) in [5.41, 5.74) is 1.44. The van der Waals surface area contributed by atoms with E-state index in [1.807, 2.05) is 13.1 Å². The molecule has 104 valence electrons. The molecule has 0 saturated carbocycles. The first kappa shape index (κ1) is 12.5. The van der Waals surface area contributed by atoms with Crippen LogP contribution in [0.1, 0.15) is 18.5 Å². The molecule has 2 fully saturated rings. The molecular formula is C13H21N5O. The van der Waals surface area contributed by atoms with Crippen molar-refractivity contribution in [3.8, 4) is 0 Å². The predicted octanol–water partition coefficient (Wildman–Crippen LogP) is 0.597. The number of nitrogens with zero attached hydrogens (tertiary/aromatic N) is 3. The summed E-state index contributed by atoms with van der Waals surface area (Å²) in [6.07, 6.45) is 4.15. The molecule has 0 aromatic carbocycles. The van der Waals surface area contributed by atoms with Crippen LogP contribution in [0, 0.1) is 5.41 Å². The maximum absolute atomic E-state index is 5.56. The molecule has 6 nitrogen and oxygen atoms in total. The minimum Gasteiger partial charge on any atom is -0.381 e. The van der Waals surface area contributed by atoms with Gasteiger partial charge < -0.3 is 15.0 Å². The van der Waals surface area contributed by atoms with Gasteiger partial charge in [0.25, 0.3) is 0 Å². The van der Waals surface area contributed by atoms with E-state index in [4.69, 9.17) is 4.74 Å². The monoisotopic (exact) mass is 263 g/mol. The number of hydrogen-bond donors (Lipinski definition) is 2. The SMILES string of the molecule is CN=C(NCc1ccn[nH]1)N1CCC2(CCOC2)C1. The number of aromatic nitrogens is 2. The van der Waals surface area contributed by atoms with Gasteiger partial charge in [-0.2, -0.15) is 5.10 Å². The Morgan fingerprint density at radius 1 is 1.63 bits per heavy atom. The average Bonchev–Trinajstić information content (AvgIpc) is 3.15. The number of guanidine groups is 1. The molecule has 1 spiro atoms. The Labute approximate surface area is 113 Å². The van der Waals surface area contributed by atoms with Crippen molar-refractivity contribution in [2.45, 2.75) is 19.4 Å². The molecule has 1 unspecified atom stereocenters. The van der Waals surface area contributed by atoms with Gasteiger partial charge in [-0.15, -0.1) is 0 Å². The Bertz CT molecular complexity index is 436. The molecule has 6 heteroatoms. The van der Waals surface area contributed by atoms with Gasteiger partial charge in [-0.25, -0.2) is 0 Å². The van der Waals surface area contributed by atoms with Crippen LogP contribution in [-0.4, -0.2) is 54.4 Å². The van der Waals surface area contributed by atoms with E-state index in [1.165, 1.54) is 12.8 Å². The van der Waals surface area contributed by atoms with Crippen LogP contribution < -0.4 is 5.32 Å². The van der Waals surface area contributed by atoms with Crippen molar-refractivity contribution < 1.29 is 4.74 Å². The van der Waals surface area contributed by atoms with E-state index in [0.717, 1.165) is 44.5 Å². The quantitative estimate of drug-likeness (QED) is 0.606. The van der Waals surface area contributed by atoms with Gasteiger partial charge in [-0.3, -0.25) is 10.1 Å². The molecule has 2 aliphatic rings. The highest BCUT2D eigenvalue weighted by molar-refractivity contribution is 5.80. The molecule has 0 amide bonds. The number of nitrogens with one attached hydrogen (secondary N) is 2. The van der Waals surface area contributed by atoms with Crippen molar-refractivity contribution in [1.29, 1.82) is 0 Å². The van der Waals surface area contributed by atoms with Crippen LogP contribution in [0.5, 0.6) is 0 Å². The third-order valence-corrected chi connectivity index (χ3v) is 4.13. The van der Waals surface area contributed by atoms with Crippen LogP contribution in [0.4, 0.5) is 0 Å². The van der Waals surface area contributed by atoms with Crippen molar-refractivity contribution >= 4 is 5.96 Å². The molecule has 0 aliphatic carbocycles. The lowest BCUT2D eigenvalue weighted by Gasteiger charge is -2.24. The summed E-state index contributed by atoms with van der Waals surface area (Å²) < 4.78 is 5.56. The third-order valence-electron chi connectivity index (χ3n) is 4.13. The Morgan fingerprint density at radius 3 is 3.26 bits per heavy atom. The van der Waals surface area contributed by atoms with Gasteiger partial charge in [-0.1, -0.05) is 0 Å². The van der Waals surface area contributed by atoms with E-state index in [0.29, 0.717) is 5.41 Å². The van der Waals surface area contributed by atoms with E-state index in [2.05, 4.69) is 25.4 Å². The fraction of sp³-hybridized carbons (Fsp3) is 0.692. The summed E-state index contributed by atoms with van der Waals surface area (Å²) in [7, 11) is 1.84. The van der Waals surface area contributed by atoms with Crippen LogP contribution in [0.2, 0.25) is 0 Å². The first-order chi connectivity index (χ1) is 9.31. The fourth-order valence-electron chi connectivity index (χ4n) is 2.98. The number of H-pyrrole nitrogens is 1. The first-order valence-electron chi connectivity index (χ1n) is 6.83. The molecule has 2 N–H and O–H groups in total. The lowest BCUT2D eigenvalue weighted by molar-refractivity contribution is 0.156. The minimum atomic E-state index is 0.367. The van der Waals surface area contributed by atoms with Gasteiger partial charge in [0.15, 0.2) is 5.96 Å². The van der Waals surface area contributed by atoms with E-state index >= 15 is 0 Å². The van der Waals surface area contributed by atoms with E-state index in [1.54, 1.807) is 6.20 Å². The Balaban J connectivity index is 1.58. The zero-order valence-corrected chi connectivity index (χ0v) is 11.4. The Morgan fingerprint density at radius 2 is 2.58 bits per heavy atom. The topological polar surface area (TPSA) is 65.5 Å². The number of aromatic amines is 1. The molecule has 3 rings (SSSR count). The molecule has 2 aliphatic heterocycles. The van der Waals surface area contributed by atoms with Crippen LogP contribution in [0.25, 0.3) is 0 Å². The number of hydrogen-bond acceptors (Lipinski definition) is 3. The minimum absolute atomic E-state index is 0.367. The van der Waals surface area contributed by atoms with Gasteiger partial charge in [0.2, 0.25) is 0 Å². The zero-order valence-electron chi connectivity index (χ0n) is 11.4. The van der Waals surface area contributed by atoms with Crippen molar-refractivity contribution in [2.24, 2.45) is 10.4 Å². The Kier molecular flexibility index (Phi) is 3.42. The lowest BCUT2D eigenvalue weighted by atomic mass is 9.87. The summed E-state index contributed by atoms with van der Waals surface area (Å²) in [5, 5.41) is 10.3. The number of likely N-dealkylation sites (tertiary alicyclic amines) is 1. The molecule has 2 saturated heterocycles. The number of rotatable bonds is 2. The van der Waals surface area contributed by atoms with Crippen molar-refractivity contribution in [3.05, 3.63) is 18.0 Å². The largest absolute Gasteiger partial charge is 0.381 e. The number of aliphatic imine (C=N–C) groups is 1. The normalized spacial score (nSPS) is 27.4. The van der Waals surface area contributed by atoms with Gasteiger partial charge >= 0.3 is 0 Å². The summed E-state index contributed by atoms with van der Waals surface area (Å²) in [5.74, 6) is 0.971. The molecule has 3 heterocycles. The molecule has 0 radical (unpaired) electrons. The van der Waals surface area contributed by atoms with Gasteiger partial charge in [0.1, 0.15) is 0 Å². The van der Waals surface area contributed by atoms with Crippen molar-refractivity contribution in [1.82, 2.24) is 20.4 Å². The van der Waals surface area contributed by atoms with E-state index < -0.39 is 0 Å². The fourth-order valence-corrected chi connectivity index (χ4v) is 2.98. The molecule has 1 atom stereocenters. The summed E-state index contributed by atoms with van der Waals surface area (Å²) >= 11 is 0. The molecular weight excluding hydrogens is 242 g/mol. The van der Waals surface area contributed by atoms with E-state index in [9.17, 15) is 0 Å². The van der Waals surface area contributed by atoms with Crippen LogP contribution in [0.15, 0.2) is 17.3 Å². The van der Waals surface area contributed by atoms with E-state index in [-0.39, 0.29) is 0 Å². The van der Waals surface area contributed by atoms with Gasteiger partial charge in [0, 0.05) is 38.4 Å². The molecule has 1 aromatic rings. The molecule has 1 aromatic heterocycles. The maximum Gasteiger partial charge on any atom is 0.193 e. The first-order valence-corrected chi connectivity index (χ1v) is 6.83. The van der Waals surface area contributed by atoms with Crippen LogP contribution in [0.3, 0.4) is 0 Å². The standard InChI is InChI=1S/C13H21N5O/c1-14-12(15-8-11-2-5-16-17-11)18-6-3-13(9-18)4-7-19-10-13/h2,5H,3-4,6-10H2,1H3,(H,14,15)(H,16,17). The number of ether oxygens (including phenoxy) is 1. The lowest BCUT2D eigenvalue weighted by Crippen LogP contribution is -2.41. The predicted molar refractivity (Wildman–Crippen MR) is 72.8 cm³/mol. The van der Waals surface area contributed by atoms with Crippen molar-refractivity contribution in [2.75, 3.05) is 33.4 Å². The summed E-state index contributed by atoms with van der Waals surface area (Å²) in [4.78, 5) is 6.72. The second-order valence-electron chi connectivity index (χ2n) is 5.46. The maximum atomic E-state index is 5.56. The van der Waals surface area contributed by atoms with Gasteiger partial charge in [0.05, 0.1) is 18.8 Å². The highest BCUT2D eigenvalue weighted by Crippen LogP contribution is 2.38. The zero-order chi connectivity index (χ0) is 13.1. The van der Waals surface area contributed by atoms with Gasteiger partial charge in [-0.05, 0) is 18.9 Å².